The summed E-state index contributed by atoms with van der Waals surface area (Å²) in [4.78, 5) is 15.3. The Hall–Kier alpha value is -7.93. The monoisotopic (exact) mass is 795 g/mol. The molecule has 0 spiro atoms. The zero-order chi connectivity index (χ0) is 40.0. The minimum absolute atomic E-state index is 0.585. The average Bonchev–Trinajstić information content (AvgIpc) is 3.67. The van der Waals surface area contributed by atoms with Crippen molar-refractivity contribution in [1.82, 2.24) is 24.1 Å². The SMILES string of the molecule is c1ccc(-c2ccc3c(c2)c2cccc4c(-c5ccc6c(c5)c5ccccc5n6-c5nc(-c6ccccc6)nc(-c6ccccc6)n5)cc5sc6ccccc6n3-c5c42)cc1. The third-order valence-electron chi connectivity index (χ3n) is 12.2. The van der Waals surface area contributed by atoms with E-state index in [9.17, 15) is 0 Å². The van der Waals surface area contributed by atoms with E-state index in [1.54, 1.807) is 0 Å². The molecule has 2 aromatic heterocycles. The highest BCUT2D eigenvalue weighted by molar-refractivity contribution is 7.24. The van der Waals surface area contributed by atoms with Gasteiger partial charge in [-0.2, -0.15) is 9.97 Å². The lowest BCUT2D eigenvalue weighted by molar-refractivity contribution is 0.953. The summed E-state index contributed by atoms with van der Waals surface area (Å²) in [6, 6.07) is 71.5. The number of para-hydroxylation sites is 2. The van der Waals surface area contributed by atoms with Gasteiger partial charge < -0.3 is 4.57 Å². The maximum Gasteiger partial charge on any atom is 0.238 e. The van der Waals surface area contributed by atoms with Gasteiger partial charge in [0.05, 0.1) is 37.2 Å². The Morgan fingerprint density at radius 3 is 1.61 bits per heavy atom. The van der Waals surface area contributed by atoms with Crippen molar-refractivity contribution in [2.75, 3.05) is 0 Å². The number of hydrogen-bond donors (Lipinski definition) is 0. The molecule has 0 N–H and O–H groups in total. The first-order valence-electron chi connectivity index (χ1n) is 20.5. The van der Waals surface area contributed by atoms with Crippen LogP contribution in [0.4, 0.5) is 0 Å². The molecule has 9 aromatic carbocycles. The van der Waals surface area contributed by atoms with Crippen molar-refractivity contribution in [2.24, 2.45) is 0 Å². The third-order valence-corrected chi connectivity index (χ3v) is 13.3. The average molecular weight is 796 g/mol. The van der Waals surface area contributed by atoms with E-state index in [2.05, 4.69) is 173 Å². The number of benzene rings is 9. The van der Waals surface area contributed by atoms with Crippen LogP contribution in [0.1, 0.15) is 0 Å². The lowest BCUT2D eigenvalue weighted by Crippen LogP contribution is -2.06. The molecule has 0 fully saturated rings. The van der Waals surface area contributed by atoms with Crippen LogP contribution in [-0.4, -0.2) is 24.1 Å². The van der Waals surface area contributed by atoms with E-state index in [1.165, 1.54) is 64.4 Å². The van der Waals surface area contributed by atoms with E-state index >= 15 is 0 Å². The van der Waals surface area contributed by atoms with Crippen molar-refractivity contribution >= 4 is 75.1 Å². The zero-order valence-electron chi connectivity index (χ0n) is 32.7. The number of hydrogen-bond acceptors (Lipinski definition) is 4. The summed E-state index contributed by atoms with van der Waals surface area (Å²) in [5, 5.41) is 7.30. The van der Waals surface area contributed by atoms with Crippen LogP contribution in [0, 0.1) is 0 Å². The Morgan fingerprint density at radius 1 is 0.328 bits per heavy atom. The van der Waals surface area contributed by atoms with Crippen LogP contribution in [0.2, 0.25) is 0 Å². The Morgan fingerprint density at radius 2 is 0.869 bits per heavy atom. The molecule has 0 saturated heterocycles. The van der Waals surface area contributed by atoms with Crippen LogP contribution < -0.4 is 0 Å². The van der Waals surface area contributed by atoms with Gasteiger partial charge in [-0.25, -0.2) is 4.98 Å². The van der Waals surface area contributed by atoms with Crippen LogP contribution in [0.15, 0.2) is 200 Å². The van der Waals surface area contributed by atoms with Gasteiger partial charge in [-0.05, 0) is 81.6 Å². The molecular formula is C55H33N5S. The molecule has 2 aliphatic rings. The van der Waals surface area contributed by atoms with Crippen LogP contribution in [0.25, 0.3) is 120 Å². The molecule has 61 heavy (non-hydrogen) atoms. The molecule has 0 radical (unpaired) electrons. The molecule has 0 amide bonds. The summed E-state index contributed by atoms with van der Waals surface area (Å²) >= 11 is 1.87. The Bertz CT molecular complexity index is 3750. The molecule has 4 heterocycles. The number of aromatic nitrogens is 5. The number of rotatable bonds is 5. The van der Waals surface area contributed by atoms with Gasteiger partial charge in [-0.15, -0.1) is 11.3 Å². The first kappa shape index (κ1) is 34.0. The minimum atomic E-state index is 0.585. The van der Waals surface area contributed by atoms with E-state index < -0.39 is 0 Å². The van der Waals surface area contributed by atoms with E-state index in [0.29, 0.717) is 17.6 Å². The Kier molecular flexibility index (Phi) is 7.41. The highest BCUT2D eigenvalue weighted by Gasteiger charge is 2.24. The van der Waals surface area contributed by atoms with Gasteiger partial charge >= 0.3 is 0 Å². The van der Waals surface area contributed by atoms with Crippen LogP contribution in [0.3, 0.4) is 0 Å². The molecule has 0 bridgehead atoms. The largest absolute Gasteiger partial charge is 0.306 e. The van der Waals surface area contributed by atoms with Gasteiger partial charge in [0.25, 0.3) is 0 Å². The van der Waals surface area contributed by atoms with E-state index in [4.69, 9.17) is 15.0 Å². The lowest BCUT2D eigenvalue weighted by atomic mass is 9.91. The van der Waals surface area contributed by atoms with E-state index in [-0.39, 0.29) is 0 Å². The molecule has 0 unspecified atom stereocenters. The van der Waals surface area contributed by atoms with Crippen LogP contribution >= 0.6 is 11.3 Å². The van der Waals surface area contributed by atoms with Crippen LogP contribution in [-0.2, 0) is 0 Å². The second-order valence-corrected chi connectivity index (χ2v) is 16.7. The fraction of sp³-hybridized carbons (Fsp3) is 0. The second kappa shape index (κ2) is 13.3. The number of pyridine rings is 1. The summed E-state index contributed by atoms with van der Waals surface area (Å²) in [6.07, 6.45) is 0. The van der Waals surface area contributed by atoms with Crippen molar-refractivity contribution < 1.29 is 0 Å². The fourth-order valence-electron chi connectivity index (χ4n) is 9.42. The molecule has 0 saturated carbocycles. The standard InChI is InChI=1S/C55H33N5S/c1-4-15-34(16-5-1)37-27-29-46-44(31-37)41-23-14-22-40-42(33-50-52(51(40)41)59(46)48-25-12-13-26-49(48)61-50)38-28-30-47-43(32-38)39-21-10-11-24-45(39)60(47)55-57-53(35-17-6-2-7-18-35)56-54(58-55)36-19-8-3-9-20-36/h1-33H. The molecule has 0 aliphatic carbocycles. The number of fused-ring (bicyclic) bond motifs is 8. The molecule has 13 rings (SSSR count). The lowest BCUT2D eigenvalue weighted by Gasteiger charge is -2.25. The smallest absolute Gasteiger partial charge is 0.238 e. The Balaban J connectivity index is 1.08. The molecule has 6 heteroatoms. The van der Waals surface area contributed by atoms with Crippen molar-refractivity contribution in [2.45, 2.75) is 0 Å². The van der Waals surface area contributed by atoms with Gasteiger partial charge in [0.15, 0.2) is 11.6 Å². The normalized spacial score (nSPS) is 11.9. The summed E-state index contributed by atoms with van der Waals surface area (Å²) in [5.74, 6) is 1.85. The second-order valence-electron chi connectivity index (χ2n) is 15.6. The van der Waals surface area contributed by atoms with Gasteiger partial charge in [0.2, 0.25) is 5.95 Å². The quantitative estimate of drug-likeness (QED) is 0.129. The molecule has 2 aliphatic heterocycles. The Labute approximate surface area is 354 Å². The van der Waals surface area contributed by atoms with Gasteiger partial charge in [0.1, 0.15) is 0 Å². The fourth-order valence-corrected chi connectivity index (χ4v) is 10.5. The van der Waals surface area contributed by atoms with Crippen molar-refractivity contribution in [3.63, 3.8) is 0 Å². The van der Waals surface area contributed by atoms with Crippen molar-refractivity contribution in [1.29, 1.82) is 0 Å². The summed E-state index contributed by atoms with van der Waals surface area (Å²) < 4.78 is 7.20. The van der Waals surface area contributed by atoms with Gasteiger partial charge in [-0.3, -0.25) is 4.57 Å². The first-order valence-corrected chi connectivity index (χ1v) is 21.3. The number of nitrogens with zero attached hydrogens (tertiary/aromatic N) is 5. The maximum absolute atomic E-state index is 5.16. The molecule has 0 atom stereocenters. The van der Waals surface area contributed by atoms with E-state index in [1.807, 2.05) is 47.7 Å². The van der Waals surface area contributed by atoms with E-state index in [0.717, 1.165) is 38.5 Å². The zero-order valence-corrected chi connectivity index (χ0v) is 33.5. The predicted octanol–water partition coefficient (Wildman–Crippen LogP) is 14.5. The first-order chi connectivity index (χ1) is 30.2. The highest BCUT2D eigenvalue weighted by Crippen LogP contribution is 2.48. The van der Waals surface area contributed by atoms with Gasteiger partial charge in [-0.1, -0.05) is 152 Å². The maximum atomic E-state index is 5.16. The molecule has 5 nitrogen and oxygen atoms in total. The molecule has 284 valence electrons. The molecule has 11 aromatic rings. The van der Waals surface area contributed by atoms with Crippen LogP contribution in [0.5, 0.6) is 0 Å². The summed E-state index contributed by atoms with van der Waals surface area (Å²) in [6.45, 7) is 0. The van der Waals surface area contributed by atoms with Crippen molar-refractivity contribution in [3.8, 4) is 56.7 Å². The minimum Gasteiger partial charge on any atom is -0.306 e. The highest BCUT2D eigenvalue weighted by atomic mass is 32.1. The third kappa shape index (κ3) is 5.22. The predicted molar refractivity (Wildman–Crippen MR) is 254 cm³/mol. The summed E-state index contributed by atoms with van der Waals surface area (Å²) in [7, 11) is 0. The molecular weight excluding hydrogens is 763 g/mol. The summed E-state index contributed by atoms with van der Waals surface area (Å²) in [5.41, 5.74) is 12.4. The van der Waals surface area contributed by atoms with Crippen molar-refractivity contribution in [3.05, 3.63) is 200 Å². The topological polar surface area (TPSA) is 48.5 Å². The van der Waals surface area contributed by atoms with Gasteiger partial charge in [0, 0.05) is 32.7 Å².